The van der Waals surface area contributed by atoms with Crippen molar-refractivity contribution in [1.82, 2.24) is 46.8 Å². The maximum atomic E-state index is 14.6. The predicted octanol–water partition coefficient (Wildman–Crippen LogP) is 1.10. The van der Waals surface area contributed by atoms with E-state index in [9.17, 15) is 28.8 Å². The van der Waals surface area contributed by atoms with E-state index < -0.39 is 59.0 Å². The molecular weight excluding hydrogens is 630 g/mol. The number of carbonyl (C=O) groups excluding carboxylic acids is 6. The number of ketones is 1. The number of nitrogens with one attached hydrogen (secondary N) is 5. The lowest BCUT2D eigenvalue weighted by atomic mass is 9.82. The van der Waals surface area contributed by atoms with Crippen LogP contribution in [0.4, 0.5) is 0 Å². The lowest BCUT2D eigenvalue weighted by molar-refractivity contribution is -0.146. The van der Waals surface area contributed by atoms with Crippen LogP contribution in [0.5, 0.6) is 0 Å². The zero-order chi connectivity index (χ0) is 35.3. The highest BCUT2D eigenvalue weighted by atomic mass is 16.2. The van der Waals surface area contributed by atoms with Gasteiger partial charge in [-0.2, -0.15) is 0 Å². The van der Waals surface area contributed by atoms with Gasteiger partial charge in [0.15, 0.2) is 5.82 Å². The first kappa shape index (κ1) is 36.4. The fraction of sp³-hybridized carbons (Fsp3) is 0.794. The SMILES string of the molecule is CCCC(NC(=O)[C@@H]1C2CCC[C@H]2CN1C(=O)[C@@H](NC(=O)[C@H](NC(=O)Cc1nnn[nH]1)C1CCCCC1)C(C)(C)C)C(=O)C(=O)NC1CC1. The van der Waals surface area contributed by atoms with Crippen molar-refractivity contribution >= 4 is 35.3 Å². The van der Waals surface area contributed by atoms with E-state index in [1.54, 1.807) is 4.90 Å². The Morgan fingerprint density at radius 2 is 1.65 bits per heavy atom. The second-order valence-electron chi connectivity index (χ2n) is 15.5. The molecule has 5 rings (SSSR count). The van der Waals surface area contributed by atoms with Crippen LogP contribution in [-0.4, -0.2) is 97.6 Å². The first-order valence-electron chi connectivity index (χ1n) is 18.1. The van der Waals surface area contributed by atoms with Gasteiger partial charge in [-0.15, -0.1) is 5.10 Å². The molecule has 0 radical (unpaired) electrons. The monoisotopic (exact) mass is 683 g/mol. The molecule has 1 aromatic rings. The zero-order valence-electron chi connectivity index (χ0n) is 29.3. The number of Topliss-reactive ketones (excluding diaryl/α,β-unsaturated/α-hetero) is 1. The van der Waals surface area contributed by atoms with Gasteiger partial charge in [0.25, 0.3) is 5.91 Å². The number of hydrogen-bond donors (Lipinski definition) is 5. The van der Waals surface area contributed by atoms with Crippen molar-refractivity contribution in [1.29, 1.82) is 0 Å². The van der Waals surface area contributed by atoms with Crippen LogP contribution in [0.2, 0.25) is 0 Å². The van der Waals surface area contributed by atoms with E-state index in [0.29, 0.717) is 19.4 Å². The minimum absolute atomic E-state index is 0.0119. The van der Waals surface area contributed by atoms with Crippen LogP contribution in [0.3, 0.4) is 0 Å². The highest BCUT2D eigenvalue weighted by Gasteiger charge is 2.52. The second kappa shape index (κ2) is 15.8. The maximum absolute atomic E-state index is 14.6. The van der Waals surface area contributed by atoms with E-state index in [2.05, 4.69) is 41.9 Å². The van der Waals surface area contributed by atoms with Gasteiger partial charge in [0.05, 0.1) is 12.5 Å². The third-order valence-electron chi connectivity index (χ3n) is 10.6. The van der Waals surface area contributed by atoms with Gasteiger partial charge in [-0.1, -0.05) is 59.8 Å². The van der Waals surface area contributed by atoms with Gasteiger partial charge in [0, 0.05) is 12.6 Å². The average Bonchev–Trinajstić information content (AvgIpc) is 3.38. The van der Waals surface area contributed by atoms with E-state index in [1.807, 2.05) is 27.7 Å². The smallest absolute Gasteiger partial charge is 0.289 e. The molecule has 270 valence electrons. The number of hydrogen-bond acceptors (Lipinski definition) is 9. The molecule has 0 bridgehead atoms. The average molecular weight is 684 g/mol. The van der Waals surface area contributed by atoms with Gasteiger partial charge in [-0.25, -0.2) is 5.10 Å². The predicted molar refractivity (Wildman–Crippen MR) is 177 cm³/mol. The molecule has 4 fully saturated rings. The molecule has 0 spiro atoms. The van der Waals surface area contributed by atoms with Crippen molar-refractivity contribution in [2.45, 2.75) is 141 Å². The number of aromatic amines is 1. The van der Waals surface area contributed by atoms with Crippen molar-refractivity contribution in [3.8, 4) is 0 Å². The molecule has 6 atom stereocenters. The minimum Gasteiger partial charge on any atom is -0.347 e. The number of carbonyl (C=O) groups is 6. The van der Waals surface area contributed by atoms with E-state index in [0.717, 1.165) is 64.2 Å². The summed E-state index contributed by atoms with van der Waals surface area (Å²) in [5, 5.41) is 24.8. The molecule has 2 heterocycles. The van der Waals surface area contributed by atoms with Gasteiger partial charge in [0.2, 0.25) is 29.4 Å². The van der Waals surface area contributed by atoms with Crippen LogP contribution in [0.1, 0.15) is 111 Å². The summed E-state index contributed by atoms with van der Waals surface area (Å²) in [6.45, 7) is 7.84. The van der Waals surface area contributed by atoms with Crippen LogP contribution in [0, 0.1) is 23.2 Å². The van der Waals surface area contributed by atoms with E-state index in [1.165, 1.54) is 0 Å². The maximum Gasteiger partial charge on any atom is 0.289 e. The number of likely N-dealkylation sites (tertiary alicyclic amines) is 1. The summed E-state index contributed by atoms with van der Waals surface area (Å²) in [6, 6.07) is -3.66. The van der Waals surface area contributed by atoms with Gasteiger partial charge in [0.1, 0.15) is 18.1 Å². The summed E-state index contributed by atoms with van der Waals surface area (Å²) in [5.41, 5.74) is -0.736. The Morgan fingerprint density at radius 3 is 2.29 bits per heavy atom. The number of H-pyrrole nitrogens is 1. The number of tetrazole rings is 1. The van der Waals surface area contributed by atoms with Crippen LogP contribution in [0.15, 0.2) is 0 Å². The Kier molecular flexibility index (Phi) is 11.7. The van der Waals surface area contributed by atoms with Crippen molar-refractivity contribution in [2.24, 2.45) is 23.2 Å². The van der Waals surface area contributed by atoms with Crippen LogP contribution < -0.4 is 21.3 Å². The summed E-state index contributed by atoms with van der Waals surface area (Å²) in [6.07, 6.45) is 9.50. The summed E-state index contributed by atoms with van der Waals surface area (Å²) >= 11 is 0. The highest BCUT2D eigenvalue weighted by molar-refractivity contribution is 6.38. The van der Waals surface area contributed by atoms with Crippen LogP contribution in [-0.2, 0) is 35.2 Å². The molecule has 15 heteroatoms. The standard InChI is InChI=1S/C34H53N9O6/c1-5-10-23(28(45)32(48)35-21-15-16-21)36-31(47)27-22-14-9-13-20(22)18-43(27)33(49)29(34(2,3)4)38-30(46)26(19-11-7-6-8-12-19)37-25(44)17-24-39-41-42-40-24/h19-23,26-27,29H,5-18H2,1-4H3,(H,35,48)(H,36,47)(H,37,44)(H,38,46)(H,39,40,41,42)/t20-,22?,23?,26+,27-,29+/m0/s1. The first-order valence-corrected chi connectivity index (χ1v) is 18.1. The van der Waals surface area contributed by atoms with Crippen molar-refractivity contribution < 1.29 is 28.8 Å². The van der Waals surface area contributed by atoms with E-state index in [-0.39, 0.29) is 41.9 Å². The largest absolute Gasteiger partial charge is 0.347 e. The Balaban J connectivity index is 1.34. The van der Waals surface area contributed by atoms with Crippen molar-refractivity contribution in [3.63, 3.8) is 0 Å². The first-order chi connectivity index (χ1) is 23.4. The van der Waals surface area contributed by atoms with Crippen LogP contribution >= 0.6 is 0 Å². The normalized spacial score (nSPS) is 24.3. The molecule has 3 aliphatic carbocycles. The quantitative estimate of drug-likeness (QED) is 0.178. The molecule has 5 N–H and O–H groups in total. The number of rotatable bonds is 14. The lowest BCUT2D eigenvalue weighted by Crippen LogP contribution is -2.62. The lowest BCUT2D eigenvalue weighted by Gasteiger charge is -2.38. The Labute approximate surface area is 287 Å². The van der Waals surface area contributed by atoms with E-state index in [4.69, 9.17) is 0 Å². The fourth-order valence-electron chi connectivity index (χ4n) is 7.87. The molecule has 15 nitrogen and oxygen atoms in total. The summed E-state index contributed by atoms with van der Waals surface area (Å²) < 4.78 is 0. The number of aromatic nitrogens is 4. The molecule has 0 aromatic carbocycles. The number of fused-ring (bicyclic) bond motifs is 1. The Hall–Kier alpha value is -3.91. The van der Waals surface area contributed by atoms with Crippen molar-refractivity contribution in [3.05, 3.63) is 5.82 Å². The van der Waals surface area contributed by atoms with Gasteiger partial charge in [-0.05, 0) is 78.5 Å². The molecule has 4 aliphatic rings. The fourth-order valence-corrected chi connectivity index (χ4v) is 7.87. The van der Waals surface area contributed by atoms with Gasteiger partial charge in [-0.3, -0.25) is 28.8 Å². The third-order valence-corrected chi connectivity index (χ3v) is 10.6. The second-order valence-corrected chi connectivity index (χ2v) is 15.5. The van der Waals surface area contributed by atoms with Gasteiger partial charge < -0.3 is 26.2 Å². The highest BCUT2D eigenvalue weighted by Crippen LogP contribution is 2.43. The molecular formula is C34H53N9O6. The summed E-state index contributed by atoms with van der Waals surface area (Å²) in [5.74, 6) is -2.82. The molecule has 49 heavy (non-hydrogen) atoms. The molecule has 1 aromatic heterocycles. The zero-order valence-corrected chi connectivity index (χ0v) is 29.3. The Bertz CT molecular complexity index is 1370. The third kappa shape index (κ3) is 9.01. The summed E-state index contributed by atoms with van der Waals surface area (Å²) in [4.78, 5) is 83.1. The molecule has 1 aliphatic heterocycles. The van der Waals surface area contributed by atoms with Crippen molar-refractivity contribution in [2.75, 3.05) is 6.54 Å². The van der Waals surface area contributed by atoms with E-state index >= 15 is 0 Å². The molecule has 5 amide bonds. The Morgan fingerprint density at radius 1 is 0.918 bits per heavy atom. The minimum atomic E-state index is -0.993. The summed E-state index contributed by atoms with van der Waals surface area (Å²) in [7, 11) is 0. The van der Waals surface area contributed by atoms with Gasteiger partial charge >= 0.3 is 0 Å². The van der Waals surface area contributed by atoms with Crippen LogP contribution in [0.25, 0.3) is 0 Å². The number of amides is 5. The topological polar surface area (TPSA) is 208 Å². The number of nitrogens with zero attached hydrogens (tertiary/aromatic N) is 4. The molecule has 2 unspecified atom stereocenters. The molecule has 3 saturated carbocycles. The molecule has 1 saturated heterocycles.